The zero-order chi connectivity index (χ0) is 13.4. The smallest absolute Gasteiger partial charge is 0.220 e. The third kappa shape index (κ3) is 4.94. The van der Waals surface area contributed by atoms with Crippen molar-refractivity contribution in [1.82, 2.24) is 5.32 Å². The van der Waals surface area contributed by atoms with Gasteiger partial charge in [0.25, 0.3) is 0 Å². The van der Waals surface area contributed by atoms with Crippen molar-refractivity contribution in [1.29, 1.82) is 0 Å². The molecule has 0 aliphatic heterocycles. The molecular weight excluding hydrogens is 228 g/mol. The molecule has 1 fully saturated rings. The van der Waals surface area contributed by atoms with Gasteiger partial charge in [0.1, 0.15) is 0 Å². The Bertz CT molecular complexity index is 250. The molecule has 0 aromatic carbocycles. The summed E-state index contributed by atoms with van der Waals surface area (Å²) in [5.41, 5.74) is 5.90. The van der Waals surface area contributed by atoms with Crippen LogP contribution in [-0.4, -0.2) is 30.2 Å². The van der Waals surface area contributed by atoms with Crippen molar-refractivity contribution < 1.29 is 9.90 Å². The second-order valence-corrected chi connectivity index (χ2v) is 5.64. The molecule has 4 heteroatoms. The summed E-state index contributed by atoms with van der Waals surface area (Å²) in [5, 5.41) is 12.3. The van der Waals surface area contributed by atoms with Crippen molar-refractivity contribution in [2.24, 2.45) is 11.1 Å². The van der Waals surface area contributed by atoms with E-state index in [9.17, 15) is 9.90 Å². The molecule has 0 bridgehead atoms. The Hall–Kier alpha value is -0.610. The van der Waals surface area contributed by atoms with Crippen LogP contribution in [0.3, 0.4) is 0 Å². The molecule has 106 valence electrons. The molecule has 0 saturated heterocycles. The van der Waals surface area contributed by atoms with Gasteiger partial charge in [0.05, 0.1) is 6.10 Å². The minimum atomic E-state index is -0.302. The summed E-state index contributed by atoms with van der Waals surface area (Å²) in [6, 6.07) is 0. The summed E-state index contributed by atoms with van der Waals surface area (Å²) in [6.07, 6.45) is 7.43. The fourth-order valence-electron chi connectivity index (χ4n) is 2.74. The largest absolute Gasteiger partial charge is 0.393 e. The molecule has 0 aromatic heterocycles. The monoisotopic (exact) mass is 256 g/mol. The summed E-state index contributed by atoms with van der Waals surface area (Å²) >= 11 is 0. The maximum Gasteiger partial charge on any atom is 0.220 e. The summed E-state index contributed by atoms with van der Waals surface area (Å²) in [4.78, 5) is 11.9. The maximum atomic E-state index is 11.9. The van der Waals surface area contributed by atoms with E-state index in [0.717, 1.165) is 19.3 Å². The van der Waals surface area contributed by atoms with Crippen molar-refractivity contribution in [2.45, 2.75) is 64.4 Å². The highest BCUT2D eigenvalue weighted by atomic mass is 16.3. The first-order valence-corrected chi connectivity index (χ1v) is 7.27. The number of aliphatic hydroxyl groups is 1. The van der Waals surface area contributed by atoms with Gasteiger partial charge in [-0.15, -0.1) is 0 Å². The highest BCUT2D eigenvalue weighted by Gasteiger charge is 2.32. The average molecular weight is 256 g/mol. The molecule has 1 aliphatic rings. The van der Waals surface area contributed by atoms with Crippen LogP contribution in [0, 0.1) is 5.41 Å². The van der Waals surface area contributed by atoms with Gasteiger partial charge in [-0.3, -0.25) is 4.79 Å². The lowest BCUT2D eigenvalue weighted by Crippen LogP contribution is -2.39. The van der Waals surface area contributed by atoms with Gasteiger partial charge < -0.3 is 16.2 Å². The fourth-order valence-corrected chi connectivity index (χ4v) is 2.74. The molecule has 1 saturated carbocycles. The molecule has 1 aliphatic carbocycles. The van der Waals surface area contributed by atoms with E-state index < -0.39 is 0 Å². The van der Waals surface area contributed by atoms with Crippen molar-refractivity contribution in [3.8, 4) is 0 Å². The molecule has 0 radical (unpaired) electrons. The zero-order valence-corrected chi connectivity index (χ0v) is 11.6. The van der Waals surface area contributed by atoms with Crippen molar-refractivity contribution in [2.75, 3.05) is 13.1 Å². The number of hydrogen-bond acceptors (Lipinski definition) is 3. The van der Waals surface area contributed by atoms with E-state index in [2.05, 4.69) is 5.32 Å². The van der Waals surface area contributed by atoms with Crippen LogP contribution in [0.25, 0.3) is 0 Å². The number of nitrogens with one attached hydrogen (secondary N) is 1. The summed E-state index contributed by atoms with van der Waals surface area (Å²) in [7, 11) is 0. The minimum absolute atomic E-state index is 0.0334. The molecule has 4 N–H and O–H groups in total. The number of carbonyl (C=O) groups excluding carboxylic acids is 1. The Kier molecular flexibility index (Phi) is 6.65. The molecule has 0 heterocycles. The first kappa shape index (κ1) is 15.4. The standard InChI is InChI=1S/C14H28N2O2/c1-2-12(17)6-9-16-13(18)10-14(11-15)7-4-3-5-8-14/h12,17H,2-11,15H2,1H3,(H,16,18). The van der Waals surface area contributed by atoms with E-state index in [1.165, 1.54) is 19.3 Å². The minimum Gasteiger partial charge on any atom is -0.393 e. The van der Waals surface area contributed by atoms with Crippen LogP contribution in [0.2, 0.25) is 0 Å². The predicted octanol–water partition coefficient (Wildman–Crippen LogP) is 1.56. The van der Waals surface area contributed by atoms with E-state index >= 15 is 0 Å². The Labute approximate surface area is 110 Å². The van der Waals surface area contributed by atoms with Crippen LogP contribution in [0.4, 0.5) is 0 Å². The Morgan fingerprint density at radius 2 is 2.06 bits per heavy atom. The van der Waals surface area contributed by atoms with Gasteiger partial charge in [0.15, 0.2) is 0 Å². The van der Waals surface area contributed by atoms with Gasteiger partial charge in [-0.2, -0.15) is 0 Å². The number of rotatable bonds is 7. The first-order chi connectivity index (χ1) is 8.62. The zero-order valence-electron chi connectivity index (χ0n) is 11.6. The number of hydrogen-bond donors (Lipinski definition) is 3. The summed E-state index contributed by atoms with van der Waals surface area (Å²) in [6.45, 7) is 3.12. The molecule has 1 rings (SSSR count). The molecule has 0 aromatic rings. The summed E-state index contributed by atoms with van der Waals surface area (Å²) in [5.74, 6) is 0.0886. The number of amides is 1. The van der Waals surface area contributed by atoms with Gasteiger partial charge in [-0.25, -0.2) is 0 Å². The highest BCUT2D eigenvalue weighted by Crippen LogP contribution is 2.38. The van der Waals surface area contributed by atoms with Gasteiger partial charge >= 0.3 is 0 Å². The SMILES string of the molecule is CCC(O)CCNC(=O)CC1(CN)CCCCC1. The third-order valence-electron chi connectivity index (χ3n) is 4.15. The lowest BCUT2D eigenvalue weighted by atomic mass is 9.71. The van der Waals surface area contributed by atoms with E-state index in [1.54, 1.807) is 0 Å². The number of aliphatic hydroxyl groups excluding tert-OH is 1. The predicted molar refractivity (Wildman–Crippen MR) is 73.1 cm³/mol. The normalized spacial score (nSPS) is 20.4. The number of carbonyl (C=O) groups is 1. The average Bonchev–Trinajstić information content (AvgIpc) is 2.39. The van der Waals surface area contributed by atoms with Crippen molar-refractivity contribution in [3.05, 3.63) is 0 Å². The Balaban J connectivity index is 2.29. The molecule has 4 nitrogen and oxygen atoms in total. The summed E-state index contributed by atoms with van der Waals surface area (Å²) < 4.78 is 0. The maximum absolute atomic E-state index is 11.9. The molecule has 18 heavy (non-hydrogen) atoms. The van der Waals surface area contributed by atoms with Gasteiger partial charge in [0, 0.05) is 13.0 Å². The van der Waals surface area contributed by atoms with Crippen LogP contribution < -0.4 is 11.1 Å². The number of nitrogens with two attached hydrogens (primary N) is 1. The van der Waals surface area contributed by atoms with E-state index in [-0.39, 0.29) is 17.4 Å². The van der Waals surface area contributed by atoms with E-state index in [4.69, 9.17) is 5.73 Å². The van der Waals surface area contributed by atoms with Gasteiger partial charge in [-0.1, -0.05) is 26.2 Å². The Morgan fingerprint density at radius 3 is 2.61 bits per heavy atom. The van der Waals surface area contributed by atoms with Crippen LogP contribution in [0.15, 0.2) is 0 Å². The molecular formula is C14H28N2O2. The molecule has 1 atom stereocenters. The lowest BCUT2D eigenvalue weighted by Gasteiger charge is -2.35. The van der Waals surface area contributed by atoms with Crippen LogP contribution in [0.1, 0.15) is 58.3 Å². The van der Waals surface area contributed by atoms with Gasteiger partial charge in [-0.05, 0) is 37.6 Å². The van der Waals surface area contributed by atoms with Crippen molar-refractivity contribution in [3.63, 3.8) is 0 Å². The van der Waals surface area contributed by atoms with Crippen LogP contribution in [0.5, 0.6) is 0 Å². The molecule has 1 unspecified atom stereocenters. The van der Waals surface area contributed by atoms with E-state index in [0.29, 0.717) is 25.9 Å². The highest BCUT2D eigenvalue weighted by molar-refractivity contribution is 5.76. The third-order valence-corrected chi connectivity index (χ3v) is 4.15. The first-order valence-electron chi connectivity index (χ1n) is 7.27. The van der Waals surface area contributed by atoms with E-state index in [1.807, 2.05) is 6.92 Å². The van der Waals surface area contributed by atoms with Gasteiger partial charge in [0.2, 0.25) is 5.91 Å². The molecule has 0 spiro atoms. The topological polar surface area (TPSA) is 75.3 Å². The quantitative estimate of drug-likeness (QED) is 0.647. The van der Waals surface area contributed by atoms with Crippen molar-refractivity contribution >= 4 is 5.91 Å². The Morgan fingerprint density at radius 1 is 1.39 bits per heavy atom. The fraction of sp³-hybridized carbons (Fsp3) is 0.929. The van der Waals surface area contributed by atoms with Crippen LogP contribution >= 0.6 is 0 Å². The van der Waals surface area contributed by atoms with Crippen LogP contribution in [-0.2, 0) is 4.79 Å². The lowest BCUT2D eigenvalue weighted by molar-refractivity contribution is -0.123. The second-order valence-electron chi connectivity index (χ2n) is 5.64. The molecule has 1 amide bonds. The second kappa shape index (κ2) is 7.74.